The van der Waals surface area contributed by atoms with E-state index in [0.717, 1.165) is 29.6 Å². The Bertz CT molecular complexity index is 982. The largest absolute Gasteiger partial charge is 0.192 e. The minimum absolute atomic E-state index is 0.623. The van der Waals surface area contributed by atoms with E-state index in [9.17, 15) is 0 Å². The maximum atomic E-state index is 8.53. The summed E-state index contributed by atoms with van der Waals surface area (Å²) in [5.74, 6) is 0. The molecule has 0 aliphatic carbocycles. The molecule has 1 aromatic carbocycles. The van der Waals surface area contributed by atoms with Crippen LogP contribution >= 0.6 is 0 Å². The Morgan fingerprint density at radius 1 is 0.821 bits per heavy atom. The SMILES string of the molecule is C=C(C)/C=C\C(=C\C)C(=C)C.C=C(C)Cc1ccc(CCCC)cc1.C=C/C(C#N)=C(\C=C)CC.CCCC. The van der Waals surface area contributed by atoms with Gasteiger partial charge in [0, 0.05) is 0 Å². The second kappa shape index (κ2) is 27.7. The van der Waals surface area contributed by atoms with Gasteiger partial charge in [0.25, 0.3) is 0 Å². The van der Waals surface area contributed by atoms with Crippen molar-refractivity contribution in [2.45, 2.75) is 100 Å². The standard InChI is InChI=1S/C14H20.C11H16.C9H11N.C4H10/c1-4-5-6-13-7-9-14(10-8-13)11-12(2)3;1-6-11(10(4)5)8-7-9(2)3;1-4-8(5-2)9(6-3)7-10;1-3-4-2/h7-10H,2,4-6,11H2,1,3H3;6-8H,2,4H2,1,3,5H3;4,6H,1,3,5H2,2H3;3-4H2,1-2H3/b;8-7-,11-6-;9-8-;. The van der Waals surface area contributed by atoms with E-state index in [0.29, 0.717) is 5.57 Å². The second-order valence-corrected chi connectivity index (χ2v) is 9.57. The van der Waals surface area contributed by atoms with Gasteiger partial charge in [-0.25, -0.2) is 0 Å². The molecule has 1 heteroatoms. The molecule has 0 aromatic heterocycles. The molecule has 214 valence electrons. The van der Waals surface area contributed by atoms with Gasteiger partial charge >= 0.3 is 0 Å². The minimum Gasteiger partial charge on any atom is -0.192 e. The second-order valence-electron chi connectivity index (χ2n) is 9.57. The normalized spacial score (nSPS) is 10.7. The third-order valence-electron chi connectivity index (χ3n) is 5.50. The van der Waals surface area contributed by atoms with Gasteiger partial charge in [-0.05, 0) is 75.7 Å². The number of nitrogens with zero attached hydrogens (tertiary/aromatic N) is 1. The fourth-order valence-corrected chi connectivity index (χ4v) is 2.96. The average molecular weight is 528 g/mol. The third-order valence-corrected chi connectivity index (χ3v) is 5.50. The van der Waals surface area contributed by atoms with Crippen LogP contribution in [0, 0.1) is 11.3 Å². The topological polar surface area (TPSA) is 23.8 Å². The number of aryl methyl sites for hydroxylation is 1. The van der Waals surface area contributed by atoms with Crippen LogP contribution in [0.4, 0.5) is 0 Å². The molecule has 1 rings (SSSR count). The van der Waals surface area contributed by atoms with E-state index < -0.39 is 0 Å². The van der Waals surface area contributed by atoms with Crippen LogP contribution in [0.3, 0.4) is 0 Å². The number of nitriles is 1. The molecule has 0 amide bonds. The van der Waals surface area contributed by atoms with Crippen molar-refractivity contribution in [2.24, 2.45) is 0 Å². The van der Waals surface area contributed by atoms with Crippen molar-refractivity contribution in [2.75, 3.05) is 0 Å². The van der Waals surface area contributed by atoms with E-state index >= 15 is 0 Å². The quantitative estimate of drug-likeness (QED) is 0.151. The van der Waals surface area contributed by atoms with Crippen LogP contribution in [-0.2, 0) is 12.8 Å². The first-order valence-electron chi connectivity index (χ1n) is 14.3. The Kier molecular flexibility index (Phi) is 28.5. The summed E-state index contributed by atoms with van der Waals surface area (Å²) in [5, 5.41) is 8.53. The first-order valence-corrected chi connectivity index (χ1v) is 14.3. The molecular formula is C38H57N. The molecule has 1 nitrogen and oxygen atoms in total. The highest BCUT2D eigenvalue weighted by atomic mass is 14.2. The summed E-state index contributed by atoms with van der Waals surface area (Å²) in [6.45, 7) is 35.3. The Morgan fingerprint density at radius 2 is 1.36 bits per heavy atom. The molecule has 0 unspecified atom stereocenters. The fraction of sp³-hybridized carbons (Fsp3) is 0.395. The lowest BCUT2D eigenvalue weighted by Gasteiger charge is -2.03. The molecule has 0 radical (unpaired) electrons. The molecule has 0 N–H and O–H groups in total. The maximum Gasteiger partial charge on any atom is 0.0994 e. The molecule has 0 fully saturated rings. The summed E-state index contributed by atoms with van der Waals surface area (Å²) >= 11 is 0. The zero-order valence-corrected chi connectivity index (χ0v) is 26.6. The number of allylic oxidation sites excluding steroid dienone is 11. The number of rotatable bonds is 12. The highest BCUT2D eigenvalue weighted by Crippen LogP contribution is 2.11. The molecule has 0 saturated heterocycles. The van der Waals surface area contributed by atoms with Crippen molar-refractivity contribution < 1.29 is 0 Å². The van der Waals surface area contributed by atoms with E-state index in [1.807, 2.05) is 52.0 Å². The van der Waals surface area contributed by atoms with Crippen molar-refractivity contribution in [3.05, 3.63) is 132 Å². The van der Waals surface area contributed by atoms with Crippen molar-refractivity contribution in [3.8, 4) is 6.07 Å². The van der Waals surface area contributed by atoms with Gasteiger partial charge in [-0.2, -0.15) is 5.26 Å². The summed E-state index contributed by atoms with van der Waals surface area (Å²) in [5.41, 5.74) is 8.96. The lowest BCUT2D eigenvalue weighted by atomic mass is 10.0. The zero-order valence-electron chi connectivity index (χ0n) is 26.6. The van der Waals surface area contributed by atoms with Gasteiger partial charge in [-0.3, -0.25) is 0 Å². The van der Waals surface area contributed by atoms with Crippen LogP contribution in [-0.4, -0.2) is 0 Å². The van der Waals surface area contributed by atoms with Gasteiger partial charge in [0.05, 0.1) is 11.6 Å². The molecular weight excluding hydrogens is 470 g/mol. The van der Waals surface area contributed by atoms with Gasteiger partial charge in [0.2, 0.25) is 0 Å². The lowest BCUT2D eigenvalue weighted by Crippen LogP contribution is -1.88. The molecule has 0 aliphatic heterocycles. The van der Waals surface area contributed by atoms with Gasteiger partial charge < -0.3 is 0 Å². The summed E-state index contributed by atoms with van der Waals surface area (Å²) in [4.78, 5) is 0. The number of hydrogen-bond donors (Lipinski definition) is 0. The first-order chi connectivity index (χ1) is 18.5. The summed E-state index contributed by atoms with van der Waals surface area (Å²) in [6.07, 6.45) is 17.6. The van der Waals surface area contributed by atoms with Crippen molar-refractivity contribution in [3.63, 3.8) is 0 Å². The van der Waals surface area contributed by atoms with Crippen LogP contribution < -0.4 is 0 Å². The maximum absolute atomic E-state index is 8.53. The predicted molar refractivity (Wildman–Crippen MR) is 180 cm³/mol. The van der Waals surface area contributed by atoms with Crippen LogP contribution in [0.2, 0.25) is 0 Å². The van der Waals surface area contributed by atoms with Gasteiger partial charge in [0.1, 0.15) is 0 Å². The van der Waals surface area contributed by atoms with E-state index in [1.54, 1.807) is 12.2 Å². The predicted octanol–water partition coefficient (Wildman–Crippen LogP) is 12.2. The molecule has 0 aliphatic rings. The smallest absolute Gasteiger partial charge is 0.0994 e. The van der Waals surface area contributed by atoms with Crippen LogP contribution in [0.5, 0.6) is 0 Å². The molecule has 39 heavy (non-hydrogen) atoms. The number of benzene rings is 1. The number of hydrogen-bond acceptors (Lipinski definition) is 1. The Morgan fingerprint density at radius 3 is 1.64 bits per heavy atom. The van der Waals surface area contributed by atoms with E-state index in [4.69, 9.17) is 5.26 Å². The molecule has 0 spiro atoms. The molecule has 0 atom stereocenters. The van der Waals surface area contributed by atoms with Crippen molar-refractivity contribution in [1.29, 1.82) is 5.26 Å². The summed E-state index contributed by atoms with van der Waals surface area (Å²) < 4.78 is 0. The van der Waals surface area contributed by atoms with Gasteiger partial charge in [-0.1, -0.05) is 151 Å². The fourth-order valence-electron chi connectivity index (χ4n) is 2.96. The van der Waals surface area contributed by atoms with Crippen molar-refractivity contribution in [1.82, 2.24) is 0 Å². The summed E-state index contributed by atoms with van der Waals surface area (Å²) in [7, 11) is 0. The van der Waals surface area contributed by atoms with E-state index in [2.05, 4.69) is 84.9 Å². The lowest BCUT2D eigenvalue weighted by molar-refractivity contribution is 0.795. The Balaban J connectivity index is -0.000000473. The highest BCUT2D eigenvalue weighted by Gasteiger charge is 1.95. The molecule has 1 aromatic rings. The molecule has 0 heterocycles. The summed E-state index contributed by atoms with van der Waals surface area (Å²) in [6, 6.07) is 11.0. The van der Waals surface area contributed by atoms with Crippen LogP contribution in [0.1, 0.15) is 98.6 Å². The Labute approximate surface area is 243 Å². The minimum atomic E-state index is 0.623. The monoisotopic (exact) mass is 527 g/mol. The van der Waals surface area contributed by atoms with E-state index in [-0.39, 0.29) is 0 Å². The van der Waals surface area contributed by atoms with Crippen molar-refractivity contribution >= 4 is 0 Å². The van der Waals surface area contributed by atoms with Gasteiger partial charge in [-0.15, -0.1) is 0 Å². The molecule has 0 saturated carbocycles. The highest BCUT2D eigenvalue weighted by molar-refractivity contribution is 5.41. The van der Waals surface area contributed by atoms with Crippen LogP contribution in [0.15, 0.2) is 121 Å². The average Bonchev–Trinajstić information content (AvgIpc) is 2.91. The first kappa shape index (κ1) is 40.1. The van der Waals surface area contributed by atoms with Gasteiger partial charge in [0.15, 0.2) is 0 Å². The zero-order chi connectivity index (χ0) is 30.6. The number of unbranched alkanes of at least 4 members (excludes halogenated alkanes) is 2. The Hall–Kier alpha value is -3.37. The third kappa shape index (κ3) is 24.7. The molecule has 0 bridgehead atoms. The van der Waals surface area contributed by atoms with Crippen LogP contribution in [0.25, 0.3) is 0 Å². The van der Waals surface area contributed by atoms with E-state index in [1.165, 1.54) is 54.4 Å².